The van der Waals surface area contributed by atoms with Crippen molar-refractivity contribution in [1.82, 2.24) is 24.4 Å². The number of halogens is 2. The van der Waals surface area contributed by atoms with Crippen molar-refractivity contribution in [3.63, 3.8) is 0 Å². The summed E-state index contributed by atoms with van der Waals surface area (Å²) >= 11 is 0. The average Bonchev–Trinajstić information content (AvgIpc) is 3.33. The van der Waals surface area contributed by atoms with E-state index in [2.05, 4.69) is 9.88 Å². The number of rotatable bonds is 5. The molecule has 3 aromatic rings. The highest BCUT2D eigenvalue weighted by molar-refractivity contribution is 5.84. The Kier molecular flexibility index (Phi) is 7.43. The summed E-state index contributed by atoms with van der Waals surface area (Å²) in [6, 6.07) is 6.84. The number of anilines is 2. The molecule has 1 aromatic carbocycles. The zero-order valence-electron chi connectivity index (χ0n) is 22.6. The molecule has 0 N–H and O–H groups in total. The molecule has 0 saturated carbocycles. The van der Waals surface area contributed by atoms with Gasteiger partial charge in [0, 0.05) is 45.3 Å². The molecular weight excluding hydrogens is 512 g/mol. The van der Waals surface area contributed by atoms with Crippen LogP contribution in [0.25, 0.3) is 16.9 Å². The maximum absolute atomic E-state index is 14.3. The van der Waals surface area contributed by atoms with Crippen molar-refractivity contribution >= 4 is 28.9 Å². The number of methoxy groups -OCH3 is 1. The molecular formula is C26H33F2N7O4. The standard InChI is InChI=1S/C26H33F2N7O4/c1-26(2,3)39-25(36)34-10-8-33(9-11-34)24-29-19(32-12-14-38-15-13-32)16-20(30-24)35-17-6-5-7-18(37-4)21(17)31-23(35)22(27)28/h5-7,16,22H,8-15H2,1-4H3. The van der Waals surface area contributed by atoms with Gasteiger partial charge in [0.15, 0.2) is 5.82 Å². The SMILES string of the molecule is COc1cccc2c1nc(C(F)F)n2-c1cc(N2CCOCC2)nc(N2CCN(C(=O)OC(C)(C)C)CC2)n1. The van der Waals surface area contributed by atoms with Crippen molar-refractivity contribution in [3.8, 4) is 11.6 Å². The van der Waals surface area contributed by atoms with Crippen LogP contribution >= 0.6 is 0 Å². The number of carbonyl (C=O) groups is 1. The number of amides is 1. The van der Waals surface area contributed by atoms with Crippen LogP contribution in [-0.4, -0.2) is 95.7 Å². The van der Waals surface area contributed by atoms with Crippen molar-refractivity contribution in [2.75, 3.05) is 69.4 Å². The fourth-order valence-electron chi connectivity index (χ4n) is 4.68. The topological polar surface area (TPSA) is 98.1 Å². The van der Waals surface area contributed by atoms with Crippen molar-refractivity contribution < 1.29 is 27.8 Å². The second-order valence-corrected chi connectivity index (χ2v) is 10.4. The van der Waals surface area contributed by atoms with Gasteiger partial charge in [-0.15, -0.1) is 0 Å². The van der Waals surface area contributed by atoms with Crippen LogP contribution in [0.3, 0.4) is 0 Å². The Labute approximate surface area is 225 Å². The summed E-state index contributed by atoms with van der Waals surface area (Å²) in [4.78, 5) is 32.0. The van der Waals surface area contributed by atoms with Crippen LogP contribution in [0.15, 0.2) is 24.3 Å². The maximum atomic E-state index is 14.3. The number of benzene rings is 1. The molecule has 0 aliphatic carbocycles. The lowest BCUT2D eigenvalue weighted by molar-refractivity contribution is 0.0240. The summed E-state index contributed by atoms with van der Waals surface area (Å²) in [7, 11) is 1.48. The van der Waals surface area contributed by atoms with Gasteiger partial charge in [-0.25, -0.2) is 18.6 Å². The van der Waals surface area contributed by atoms with Gasteiger partial charge in [0.1, 0.15) is 28.5 Å². The molecule has 0 radical (unpaired) electrons. The number of nitrogens with zero attached hydrogens (tertiary/aromatic N) is 7. The Morgan fingerprint density at radius 1 is 0.974 bits per heavy atom. The Morgan fingerprint density at radius 2 is 1.67 bits per heavy atom. The smallest absolute Gasteiger partial charge is 0.410 e. The van der Waals surface area contributed by atoms with Crippen LogP contribution in [0, 0.1) is 0 Å². The normalized spacial score (nSPS) is 16.7. The fraction of sp³-hybridized carbons (Fsp3) is 0.538. The summed E-state index contributed by atoms with van der Waals surface area (Å²) in [6.07, 6.45) is -3.21. The molecule has 210 valence electrons. The zero-order valence-corrected chi connectivity index (χ0v) is 22.6. The van der Waals surface area contributed by atoms with E-state index >= 15 is 0 Å². The number of ether oxygens (including phenoxy) is 3. The molecule has 2 aliphatic rings. The molecule has 0 atom stereocenters. The third-order valence-corrected chi connectivity index (χ3v) is 6.55. The van der Waals surface area contributed by atoms with Gasteiger partial charge in [-0.2, -0.15) is 9.97 Å². The minimum atomic E-state index is -2.84. The van der Waals surface area contributed by atoms with E-state index in [1.807, 2.05) is 25.7 Å². The summed E-state index contributed by atoms with van der Waals surface area (Å²) < 4.78 is 46.3. The second-order valence-electron chi connectivity index (χ2n) is 10.4. The Bertz CT molecular complexity index is 1330. The van der Waals surface area contributed by atoms with Crippen LogP contribution in [0.4, 0.5) is 25.3 Å². The summed E-state index contributed by atoms with van der Waals surface area (Å²) in [5.41, 5.74) is 0.198. The van der Waals surface area contributed by atoms with Gasteiger partial charge in [0.25, 0.3) is 6.43 Å². The van der Waals surface area contributed by atoms with Crippen LogP contribution in [0.1, 0.15) is 33.0 Å². The molecule has 1 amide bonds. The van der Waals surface area contributed by atoms with E-state index in [1.54, 1.807) is 29.2 Å². The number of fused-ring (bicyclic) bond motifs is 1. The van der Waals surface area contributed by atoms with Gasteiger partial charge in [-0.3, -0.25) is 4.57 Å². The lowest BCUT2D eigenvalue weighted by Gasteiger charge is -2.36. The largest absolute Gasteiger partial charge is 0.494 e. The predicted molar refractivity (Wildman–Crippen MR) is 141 cm³/mol. The van der Waals surface area contributed by atoms with Gasteiger partial charge < -0.3 is 28.9 Å². The Balaban J connectivity index is 1.53. The minimum absolute atomic E-state index is 0.280. The van der Waals surface area contributed by atoms with Crippen molar-refractivity contribution in [2.24, 2.45) is 0 Å². The Hall–Kier alpha value is -3.74. The first-order chi connectivity index (χ1) is 18.6. The lowest BCUT2D eigenvalue weighted by atomic mass is 10.2. The monoisotopic (exact) mass is 545 g/mol. The summed E-state index contributed by atoms with van der Waals surface area (Å²) in [6.45, 7) is 9.56. The van der Waals surface area contributed by atoms with E-state index in [9.17, 15) is 13.6 Å². The number of piperazine rings is 1. The van der Waals surface area contributed by atoms with E-state index in [1.165, 1.54) is 11.7 Å². The first-order valence-corrected chi connectivity index (χ1v) is 12.9. The number of imidazole rings is 1. The molecule has 0 spiro atoms. The molecule has 13 heteroatoms. The van der Waals surface area contributed by atoms with Crippen molar-refractivity contribution in [3.05, 3.63) is 30.1 Å². The number of aromatic nitrogens is 4. The lowest BCUT2D eigenvalue weighted by Crippen LogP contribution is -2.50. The first kappa shape index (κ1) is 26.9. The van der Waals surface area contributed by atoms with Crippen LogP contribution in [0.2, 0.25) is 0 Å². The molecule has 4 heterocycles. The highest BCUT2D eigenvalue weighted by Crippen LogP contribution is 2.33. The van der Waals surface area contributed by atoms with Gasteiger partial charge in [-0.1, -0.05) is 6.07 Å². The molecule has 2 aromatic heterocycles. The molecule has 0 unspecified atom stereocenters. The van der Waals surface area contributed by atoms with E-state index in [0.717, 1.165) is 0 Å². The zero-order chi connectivity index (χ0) is 27.7. The third kappa shape index (κ3) is 5.68. The van der Waals surface area contributed by atoms with Crippen LogP contribution in [-0.2, 0) is 9.47 Å². The predicted octanol–water partition coefficient (Wildman–Crippen LogP) is 3.66. The number of alkyl halides is 2. The molecule has 0 bridgehead atoms. The third-order valence-electron chi connectivity index (χ3n) is 6.55. The van der Waals surface area contributed by atoms with Crippen molar-refractivity contribution in [1.29, 1.82) is 0 Å². The van der Waals surface area contributed by atoms with Gasteiger partial charge in [0.05, 0.1) is 25.8 Å². The van der Waals surface area contributed by atoms with Crippen LogP contribution < -0.4 is 14.5 Å². The Morgan fingerprint density at radius 3 is 2.31 bits per heavy atom. The highest BCUT2D eigenvalue weighted by Gasteiger charge is 2.29. The number of hydrogen-bond acceptors (Lipinski definition) is 9. The van der Waals surface area contributed by atoms with Gasteiger partial charge in [0.2, 0.25) is 5.95 Å². The first-order valence-electron chi connectivity index (χ1n) is 12.9. The summed E-state index contributed by atoms with van der Waals surface area (Å²) in [5.74, 6) is 1.25. The van der Waals surface area contributed by atoms with E-state index in [0.29, 0.717) is 81.0 Å². The number of para-hydroxylation sites is 1. The molecule has 39 heavy (non-hydrogen) atoms. The molecule has 5 rings (SSSR count). The van der Waals surface area contributed by atoms with E-state index < -0.39 is 17.9 Å². The minimum Gasteiger partial charge on any atom is -0.494 e. The number of hydrogen-bond donors (Lipinski definition) is 0. The molecule has 2 aliphatic heterocycles. The molecule has 2 fully saturated rings. The van der Waals surface area contributed by atoms with Crippen molar-refractivity contribution in [2.45, 2.75) is 32.8 Å². The fourth-order valence-corrected chi connectivity index (χ4v) is 4.68. The average molecular weight is 546 g/mol. The number of carbonyl (C=O) groups excluding carboxylic acids is 1. The maximum Gasteiger partial charge on any atom is 0.410 e. The van der Waals surface area contributed by atoms with Gasteiger partial charge >= 0.3 is 6.09 Å². The molecule has 2 saturated heterocycles. The molecule has 11 nitrogen and oxygen atoms in total. The van der Waals surface area contributed by atoms with E-state index in [4.69, 9.17) is 24.2 Å². The quantitative estimate of drug-likeness (QED) is 0.476. The van der Waals surface area contributed by atoms with Gasteiger partial charge in [-0.05, 0) is 32.9 Å². The highest BCUT2D eigenvalue weighted by atomic mass is 19.3. The second kappa shape index (κ2) is 10.8. The van der Waals surface area contributed by atoms with E-state index in [-0.39, 0.29) is 11.9 Å². The summed E-state index contributed by atoms with van der Waals surface area (Å²) in [5, 5.41) is 0. The number of morpholine rings is 1. The van der Waals surface area contributed by atoms with Crippen LogP contribution in [0.5, 0.6) is 5.75 Å².